The molecule has 3 N–H and O–H groups in total. The van der Waals surface area contributed by atoms with Crippen LogP contribution in [-0.4, -0.2) is 54.8 Å². The van der Waals surface area contributed by atoms with E-state index in [1.807, 2.05) is 18.2 Å². The largest absolute Gasteiger partial charge is 0.509 e. The van der Waals surface area contributed by atoms with Crippen molar-refractivity contribution in [3.8, 4) is 11.5 Å². The quantitative estimate of drug-likeness (QED) is 0.554. The van der Waals surface area contributed by atoms with Gasteiger partial charge in [-0.1, -0.05) is 0 Å². The van der Waals surface area contributed by atoms with E-state index in [0.29, 0.717) is 28.6 Å². The highest BCUT2D eigenvalue weighted by atomic mass is 16.5. The van der Waals surface area contributed by atoms with Crippen LogP contribution in [0.5, 0.6) is 11.5 Å². The molecular weight excluding hydrogens is 406 g/mol. The van der Waals surface area contributed by atoms with Gasteiger partial charge in [-0.25, -0.2) is 4.98 Å². The predicted octanol–water partition coefficient (Wildman–Crippen LogP) is 4.34. The highest BCUT2D eigenvalue weighted by molar-refractivity contribution is 6.30. The van der Waals surface area contributed by atoms with Gasteiger partial charge >= 0.3 is 0 Å². The second kappa shape index (κ2) is 8.11. The van der Waals surface area contributed by atoms with Crippen LogP contribution in [0.25, 0.3) is 16.6 Å². The van der Waals surface area contributed by atoms with Gasteiger partial charge in [-0.05, 0) is 49.6 Å². The van der Waals surface area contributed by atoms with Crippen LogP contribution in [0.15, 0.2) is 42.2 Å². The average Bonchev–Trinajstić information content (AvgIpc) is 3.38. The van der Waals surface area contributed by atoms with Crippen molar-refractivity contribution in [2.75, 3.05) is 43.7 Å². The summed E-state index contributed by atoms with van der Waals surface area (Å²) < 4.78 is 10.8. The van der Waals surface area contributed by atoms with E-state index in [4.69, 9.17) is 14.9 Å². The zero-order valence-corrected chi connectivity index (χ0v) is 18.3. The molecule has 1 fully saturated rings. The van der Waals surface area contributed by atoms with Crippen LogP contribution in [0.1, 0.15) is 25.1 Å². The Balaban J connectivity index is 1.46. The Morgan fingerprint density at radius 2 is 1.84 bits per heavy atom. The van der Waals surface area contributed by atoms with Gasteiger partial charge < -0.3 is 29.4 Å². The minimum Gasteiger partial charge on any atom is -0.509 e. The number of aliphatic hydroxyl groups is 1. The molecule has 1 aromatic heterocycles. The summed E-state index contributed by atoms with van der Waals surface area (Å²) in [4.78, 5) is 12.1. The smallest absolute Gasteiger partial charge is 0.146 e. The molecule has 0 atom stereocenters. The average molecular weight is 434 g/mol. The number of aliphatic hydroxyl groups excluding tert-OH is 1. The molecule has 8 heteroatoms. The lowest BCUT2D eigenvalue weighted by molar-refractivity contribution is 0.393. The molecule has 0 saturated carbocycles. The maximum Gasteiger partial charge on any atom is 0.146 e. The number of methoxy groups -OCH3 is 2. The number of piperidine rings is 1. The highest BCUT2D eigenvalue weighted by Crippen LogP contribution is 2.38. The predicted molar refractivity (Wildman–Crippen MR) is 126 cm³/mol. The summed E-state index contributed by atoms with van der Waals surface area (Å²) in [6.45, 7) is 2.32. The number of nitrogens with one attached hydrogen (secondary N) is 2. The second-order valence-corrected chi connectivity index (χ2v) is 8.13. The van der Waals surface area contributed by atoms with Crippen molar-refractivity contribution in [2.24, 2.45) is 0 Å². The Bertz CT molecular complexity index is 1210. The van der Waals surface area contributed by atoms with Gasteiger partial charge in [0, 0.05) is 24.8 Å². The molecule has 2 aliphatic heterocycles. The van der Waals surface area contributed by atoms with Crippen molar-refractivity contribution in [1.82, 2.24) is 9.97 Å². The number of nitrogens with zero attached hydrogens (tertiary/aromatic N) is 3. The third-order valence-corrected chi connectivity index (χ3v) is 6.20. The first-order valence-corrected chi connectivity index (χ1v) is 10.8. The summed E-state index contributed by atoms with van der Waals surface area (Å²) in [6, 6.07) is 11.6. The monoisotopic (exact) mass is 433 g/mol. The zero-order valence-electron chi connectivity index (χ0n) is 18.3. The Kier molecular flexibility index (Phi) is 5.13. The van der Waals surface area contributed by atoms with Gasteiger partial charge in [0.15, 0.2) is 0 Å². The summed E-state index contributed by atoms with van der Waals surface area (Å²) in [7, 11) is 3.17. The SMILES string of the molecule is COc1ccc(N2CC(O)=C(c3nc4ccc(N5CCCCC5)cc4[nH]3)C2=N)c(OC)c1. The molecule has 1 saturated heterocycles. The molecule has 0 amide bonds. The number of fused-ring (bicyclic) bond motifs is 1. The first-order valence-electron chi connectivity index (χ1n) is 10.8. The number of imidazole rings is 1. The molecule has 3 aromatic rings. The van der Waals surface area contributed by atoms with E-state index >= 15 is 0 Å². The van der Waals surface area contributed by atoms with E-state index in [1.165, 1.54) is 24.9 Å². The van der Waals surface area contributed by atoms with Gasteiger partial charge in [0.2, 0.25) is 0 Å². The van der Waals surface area contributed by atoms with Gasteiger partial charge in [-0.2, -0.15) is 0 Å². The molecule has 2 aliphatic rings. The maximum absolute atomic E-state index is 10.8. The van der Waals surface area contributed by atoms with Gasteiger partial charge in [0.1, 0.15) is 28.9 Å². The third kappa shape index (κ3) is 3.41. The fraction of sp³-hybridized carbons (Fsp3) is 0.333. The molecule has 8 nitrogen and oxygen atoms in total. The lowest BCUT2D eigenvalue weighted by Gasteiger charge is -2.28. The Hall–Kier alpha value is -3.68. The Morgan fingerprint density at radius 3 is 2.59 bits per heavy atom. The maximum atomic E-state index is 10.8. The van der Waals surface area contributed by atoms with Crippen LogP contribution in [-0.2, 0) is 0 Å². The fourth-order valence-corrected chi connectivity index (χ4v) is 4.51. The first kappa shape index (κ1) is 20.2. The molecule has 32 heavy (non-hydrogen) atoms. The number of amidine groups is 1. The van der Waals surface area contributed by atoms with Gasteiger partial charge in [0.05, 0.1) is 43.1 Å². The van der Waals surface area contributed by atoms with Crippen molar-refractivity contribution in [3.63, 3.8) is 0 Å². The molecule has 0 spiro atoms. The number of rotatable bonds is 5. The molecular formula is C24H27N5O3. The Morgan fingerprint density at radius 1 is 1.03 bits per heavy atom. The lowest BCUT2D eigenvalue weighted by atomic mass is 10.1. The van der Waals surface area contributed by atoms with Crippen molar-refractivity contribution < 1.29 is 14.6 Å². The Labute approximate surface area is 186 Å². The standard InChI is InChI=1S/C24H27N5O3/c1-31-16-7-9-19(21(13-16)32-2)29-14-20(30)22(23(29)25)24-26-17-8-6-15(12-18(17)27-24)28-10-4-3-5-11-28/h6-9,12-13,25,30H,3-5,10-11,14H2,1-2H3,(H,26,27). The van der Waals surface area contributed by atoms with Crippen molar-refractivity contribution in [1.29, 1.82) is 5.41 Å². The number of benzene rings is 2. The summed E-state index contributed by atoms with van der Waals surface area (Å²) in [5.74, 6) is 1.99. The van der Waals surface area contributed by atoms with Gasteiger partial charge in [0.25, 0.3) is 0 Å². The van der Waals surface area contributed by atoms with Crippen molar-refractivity contribution >= 4 is 33.8 Å². The molecule has 0 unspecified atom stereocenters. The zero-order chi connectivity index (χ0) is 22.2. The van der Waals surface area contributed by atoms with E-state index in [2.05, 4.69) is 27.0 Å². The minimum atomic E-state index is 0.100. The summed E-state index contributed by atoms with van der Waals surface area (Å²) in [5.41, 5.74) is 3.98. The number of ether oxygens (including phenoxy) is 2. The van der Waals surface area contributed by atoms with E-state index < -0.39 is 0 Å². The number of aromatic nitrogens is 2. The number of hydrogen-bond donors (Lipinski definition) is 3. The normalized spacial score (nSPS) is 16.9. The number of aromatic amines is 1. The van der Waals surface area contributed by atoms with Crippen LogP contribution in [0.4, 0.5) is 11.4 Å². The van der Waals surface area contributed by atoms with Crippen LogP contribution in [0.2, 0.25) is 0 Å². The molecule has 2 aromatic carbocycles. The van der Waals surface area contributed by atoms with Crippen LogP contribution in [0.3, 0.4) is 0 Å². The number of anilines is 2. The molecule has 166 valence electrons. The number of hydrogen-bond acceptors (Lipinski definition) is 6. The molecule has 3 heterocycles. The number of H-pyrrole nitrogens is 1. The van der Waals surface area contributed by atoms with Crippen LogP contribution < -0.4 is 19.3 Å². The van der Waals surface area contributed by atoms with E-state index in [0.717, 1.165) is 24.1 Å². The van der Waals surface area contributed by atoms with E-state index in [-0.39, 0.29) is 18.1 Å². The lowest BCUT2D eigenvalue weighted by Crippen LogP contribution is -2.29. The first-order chi connectivity index (χ1) is 15.6. The molecule has 0 aliphatic carbocycles. The molecule has 5 rings (SSSR count). The van der Waals surface area contributed by atoms with Crippen LogP contribution >= 0.6 is 0 Å². The van der Waals surface area contributed by atoms with E-state index in [1.54, 1.807) is 25.2 Å². The summed E-state index contributed by atoms with van der Waals surface area (Å²) in [5, 5.41) is 19.5. The van der Waals surface area contributed by atoms with Gasteiger partial charge in [-0.3, -0.25) is 5.41 Å². The van der Waals surface area contributed by atoms with E-state index in [9.17, 15) is 5.11 Å². The minimum absolute atomic E-state index is 0.100. The fourth-order valence-electron chi connectivity index (χ4n) is 4.51. The van der Waals surface area contributed by atoms with Crippen molar-refractivity contribution in [3.05, 3.63) is 48.0 Å². The topological polar surface area (TPSA) is 97.7 Å². The van der Waals surface area contributed by atoms with Crippen molar-refractivity contribution in [2.45, 2.75) is 19.3 Å². The molecule has 0 radical (unpaired) electrons. The molecule has 0 bridgehead atoms. The third-order valence-electron chi connectivity index (χ3n) is 6.20. The highest BCUT2D eigenvalue weighted by Gasteiger charge is 2.33. The summed E-state index contributed by atoms with van der Waals surface area (Å²) in [6.07, 6.45) is 3.72. The summed E-state index contributed by atoms with van der Waals surface area (Å²) >= 11 is 0. The second-order valence-electron chi connectivity index (χ2n) is 8.13. The van der Waals surface area contributed by atoms with Gasteiger partial charge in [-0.15, -0.1) is 0 Å². The van der Waals surface area contributed by atoms with Crippen LogP contribution in [0, 0.1) is 5.41 Å².